The van der Waals surface area contributed by atoms with Crippen LogP contribution in [-0.2, 0) is 0 Å². The van der Waals surface area contributed by atoms with E-state index in [2.05, 4.69) is 57.4 Å². The number of nitrogens with zero attached hydrogens (tertiary/aromatic N) is 3. The molecule has 6 rings (SSSR count). The molecule has 6 aromatic rings. The fraction of sp³-hybridized carbons (Fsp3) is 0. The second-order valence-corrected chi connectivity index (χ2v) is 7.89. The van der Waals surface area contributed by atoms with Gasteiger partial charge < -0.3 is 0 Å². The van der Waals surface area contributed by atoms with E-state index in [1.54, 1.807) is 0 Å². The summed E-state index contributed by atoms with van der Waals surface area (Å²) in [5, 5.41) is 4.60. The molecule has 0 aliphatic carbocycles. The molecule has 0 aliphatic rings. The predicted molar refractivity (Wildman–Crippen MR) is 136 cm³/mol. The van der Waals surface area contributed by atoms with E-state index in [1.807, 2.05) is 36.4 Å². The van der Waals surface area contributed by atoms with Gasteiger partial charge in [0.05, 0.1) is 6.85 Å². The van der Waals surface area contributed by atoms with Gasteiger partial charge >= 0.3 is 0 Å². The van der Waals surface area contributed by atoms with Crippen LogP contribution in [0.2, 0.25) is 5.28 Å². The quantitative estimate of drug-likeness (QED) is 0.259. The van der Waals surface area contributed by atoms with Gasteiger partial charge in [0.25, 0.3) is 0 Å². The Hall–Kier alpha value is -4.08. The molecule has 0 atom stereocenters. The van der Waals surface area contributed by atoms with Crippen LogP contribution in [0.3, 0.4) is 0 Å². The summed E-state index contributed by atoms with van der Waals surface area (Å²) in [5.41, 5.74) is 2.60. The molecule has 5 aromatic carbocycles. The lowest BCUT2D eigenvalue weighted by Gasteiger charge is -2.09. The molecule has 0 amide bonds. The van der Waals surface area contributed by atoms with Crippen molar-refractivity contribution in [1.82, 2.24) is 15.0 Å². The van der Waals surface area contributed by atoms with Crippen LogP contribution in [-0.4, -0.2) is 15.0 Å². The van der Waals surface area contributed by atoms with Crippen molar-refractivity contribution in [2.75, 3.05) is 0 Å². The number of hydrogen-bond acceptors (Lipinski definition) is 3. The van der Waals surface area contributed by atoms with Crippen molar-refractivity contribution in [1.29, 1.82) is 0 Å². The lowest BCUT2D eigenvalue weighted by Crippen LogP contribution is -1.97. The number of benzene rings is 5. The van der Waals surface area contributed by atoms with E-state index in [0.29, 0.717) is 5.56 Å². The lowest BCUT2D eigenvalue weighted by atomic mass is 9.97. The molecule has 33 heavy (non-hydrogen) atoms. The lowest BCUT2D eigenvalue weighted by molar-refractivity contribution is 1.07. The first-order chi connectivity index (χ1) is 18.3. The van der Waals surface area contributed by atoms with E-state index < -0.39 is 30.2 Å². The van der Waals surface area contributed by atoms with Crippen LogP contribution in [0.25, 0.3) is 55.4 Å². The van der Waals surface area contributed by atoms with E-state index in [1.165, 1.54) is 21.5 Å². The zero-order valence-corrected chi connectivity index (χ0v) is 18.0. The zero-order valence-electron chi connectivity index (χ0n) is 22.2. The maximum atomic E-state index is 8.23. The van der Waals surface area contributed by atoms with Crippen molar-refractivity contribution < 1.29 is 6.85 Å². The topological polar surface area (TPSA) is 38.7 Å². The second kappa shape index (κ2) is 8.12. The minimum atomic E-state index is -0.485. The van der Waals surface area contributed by atoms with Gasteiger partial charge in [0.15, 0.2) is 11.6 Å². The number of rotatable bonds is 3. The summed E-state index contributed by atoms with van der Waals surface area (Å²) in [4.78, 5) is 12.7. The predicted octanol–water partition coefficient (Wildman–Crippen LogP) is 7.83. The molecule has 0 unspecified atom stereocenters. The molecule has 0 bridgehead atoms. The van der Waals surface area contributed by atoms with Crippen molar-refractivity contribution in [3.63, 3.8) is 0 Å². The summed E-state index contributed by atoms with van der Waals surface area (Å²) < 4.78 is 40.2. The molecule has 0 saturated carbocycles. The smallest absolute Gasteiger partial charge is 0.208 e. The van der Waals surface area contributed by atoms with Crippen LogP contribution < -0.4 is 0 Å². The third-order valence-electron chi connectivity index (χ3n) is 5.55. The fourth-order valence-electron chi connectivity index (χ4n) is 3.95. The Balaban J connectivity index is 1.41. The van der Waals surface area contributed by atoms with Gasteiger partial charge in [-0.25, -0.2) is 4.98 Å². The van der Waals surface area contributed by atoms with Crippen molar-refractivity contribution >= 4 is 33.1 Å². The molecule has 0 fully saturated rings. The molecule has 1 heterocycles. The van der Waals surface area contributed by atoms with Gasteiger partial charge in [0.2, 0.25) is 5.28 Å². The Labute approximate surface area is 203 Å². The van der Waals surface area contributed by atoms with Crippen molar-refractivity contribution in [2.24, 2.45) is 0 Å². The highest BCUT2D eigenvalue weighted by Gasteiger charge is 2.10. The monoisotopic (exact) mass is 448 g/mol. The first-order valence-electron chi connectivity index (χ1n) is 12.8. The zero-order chi connectivity index (χ0) is 26.6. The van der Waals surface area contributed by atoms with Gasteiger partial charge in [-0.1, -0.05) is 103 Å². The summed E-state index contributed by atoms with van der Waals surface area (Å²) in [6, 6.07) is 24.4. The first kappa shape index (κ1) is 14.9. The summed E-state index contributed by atoms with van der Waals surface area (Å²) in [5.74, 6) is 0.158. The fourth-order valence-corrected chi connectivity index (χ4v) is 4.11. The summed E-state index contributed by atoms with van der Waals surface area (Å²) in [7, 11) is 0. The molecular weight excluding hydrogens is 426 g/mol. The Kier molecular flexibility index (Phi) is 3.66. The number of hydrogen-bond donors (Lipinski definition) is 0. The van der Waals surface area contributed by atoms with Gasteiger partial charge in [-0.05, 0) is 50.3 Å². The normalized spacial score (nSPS) is 13.3. The molecular formula is C29H18ClN3. The number of aromatic nitrogens is 3. The van der Waals surface area contributed by atoms with Crippen molar-refractivity contribution in [3.8, 4) is 33.9 Å². The molecule has 0 radical (unpaired) electrons. The molecule has 4 heteroatoms. The summed E-state index contributed by atoms with van der Waals surface area (Å²) in [6.07, 6.45) is 0. The van der Waals surface area contributed by atoms with Gasteiger partial charge in [-0.2, -0.15) is 9.97 Å². The maximum Gasteiger partial charge on any atom is 0.226 e. The average Bonchev–Trinajstić information content (AvgIpc) is 2.94. The SMILES string of the molecule is [2H]c1c([2H])c([2H])c(-c2nc(Cl)nc(-c3ccc(-c4ccc5ccc6ccccc6c5c4)cc3)n2)c([2H])c1[2H]. The standard InChI is InChI=1S/C29H18ClN3/c30-29-32-27(22-7-2-1-3-8-22)31-28(33-29)23-15-10-19(11-16-23)24-17-14-21-13-12-20-6-4-5-9-25(20)26(21)18-24/h1-18H/i1D,2D,3D,7D,8D. The van der Waals surface area contributed by atoms with Crippen LogP contribution in [0.4, 0.5) is 0 Å². The average molecular weight is 449 g/mol. The van der Waals surface area contributed by atoms with E-state index in [4.69, 9.17) is 18.5 Å². The number of fused-ring (bicyclic) bond motifs is 3. The highest BCUT2D eigenvalue weighted by molar-refractivity contribution is 6.28. The van der Waals surface area contributed by atoms with Gasteiger partial charge in [-0.15, -0.1) is 0 Å². The summed E-state index contributed by atoms with van der Waals surface area (Å²) in [6.45, 7) is 0. The van der Waals surface area contributed by atoms with Crippen LogP contribution >= 0.6 is 11.6 Å². The van der Waals surface area contributed by atoms with Crippen LogP contribution in [0.15, 0.2) is 109 Å². The Morgan fingerprint density at radius 2 is 1.15 bits per heavy atom. The highest BCUT2D eigenvalue weighted by atomic mass is 35.5. The molecule has 0 spiro atoms. The van der Waals surface area contributed by atoms with Crippen molar-refractivity contribution in [3.05, 3.63) is 114 Å². The van der Waals surface area contributed by atoms with Gasteiger partial charge in [-0.3, -0.25) is 0 Å². The van der Waals surface area contributed by atoms with Crippen LogP contribution in [0, 0.1) is 0 Å². The Morgan fingerprint density at radius 1 is 0.545 bits per heavy atom. The highest BCUT2D eigenvalue weighted by Crippen LogP contribution is 2.31. The van der Waals surface area contributed by atoms with Gasteiger partial charge in [0, 0.05) is 11.1 Å². The minimum Gasteiger partial charge on any atom is -0.208 e. The minimum absolute atomic E-state index is 0.0810. The Bertz CT molecular complexity index is 1860. The molecule has 156 valence electrons. The van der Waals surface area contributed by atoms with E-state index in [-0.39, 0.29) is 22.5 Å². The summed E-state index contributed by atoms with van der Waals surface area (Å²) >= 11 is 6.18. The molecule has 0 saturated heterocycles. The first-order valence-corrected chi connectivity index (χ1v) is 10.7. The molecule has 0 aliphatic heterocycles. The molecule has 3 nitrogen and oxygen atoms in total. The Morgan fingerprint density at radius 3 is 1.94 bits per heavy atom. The van der Waals surface area contributed by atoms with E-state index >= 15 is 0 Å². The van der Waals surface area contributed by atoms with Gasteiger partial charge in [0.1, 0.15) is 0 Å². The molecule has 0 N–H and O–H groups in total. The van der Waals surface area contributed by atoms with Crippen molar-refractivity contribution in [2.45, 2.75) is 0 Å². The van der Waals surface area contributed by atoms with E-state index in [9.17, 15) is 0 Å². The third kappa shape index (κ3) is 3.73. The number of halogens is 1. The van der Waals surface area contributed by atoms with Crippen LogP contribution in [0.5, 0.6) is 0 Å². The maximum absolute atomic E-state index is 8.23. The third-order valence-corrected chi connectivity index (χ3v) is 5.72. The van der Waals surface area contributed by atoms with E-state index in [0.717, 1.165) is 11.1 Å². The largest absolute Gasteiger partial charge is 0.226 e. The molecule has 1 aromatic heterocycles. The van der Waals surface area contributed by atoms with Crippen LogP contribution in [0.1, 0.15) is 6.85 Å². The second-order valence-electron chi connectivity index (χ2n) is 7.55.